The van der Waals surface area contributed by atoms with Crippen LogP contribution in [0, 0.1) is 11.3 Å². The van der Waals surface area contributed by atoms with Gasteiger partial charge in [0.15, 0.2) is 0 Å². The molecule has 1 aliphatic rings. The first-order chi connectivity index (χ1) is 12.7. The third kappa shape index (κ3) is 4.48. The van der Waals surface area contributed by atoms with Gasteiger partial charge in [-0.25, -0.2) is 0 Å². The Balaban J connectivity index is 1.52. The Morgan fingerprint density at radius 1 is 1.08 bits per heavy atom. The first-order valence-corrected chi connectivity index (χ1v) is 8.97. The van der Waals surface area contributed by atoms with Gasteiger partial charge < -0.3 is 5.32 Å². The van der Waals surface area contributed by atoms with Crippen molar-refractivity contribution in [2.75, 3.05) is 31.5 Å². The standard InChI is InChI=1S/C21H24N4O/c1-17(21(26)23-20-10-6-5-9-19(20)15-22)25-13-11-24(12-14-25)16-18-7-3-2-4-8-18/h2-10,17H,11-14,16H2,1H3,(H,23,26). The Morgan fingerprint density at radius 2 is 1.73 bits per heavy atom. The van der Waals surface area contributed by atoms with Gasteiger partial charge >= 0.3 is 0 Å². The molecule has 0 saturated carbocycles. The number of amides is 1. The summed E-state index contributed by atoms with van der Waals surface area (Å²) in [6, 6.07) is 19.4. The largest absolute Gasteiger partial charge is 0.324 e. The van der Waals surface area contributed by atoms with Gasteiger partial charge in [0, 0.05) is 32.7 Å². The molecular weight excluding hydrogens is 324 g/mol. The Kier molecular flexibility index (Phi) is 6.00. The third-order valence-corrected chi connectivity index (χ3v) is 4.89. The molecule has 1 saturated heterocycles. The first-order valence-electron chi connectivity index (χ1n) is 8.97. The van der Waals surface area contributed by atoms with Crippen LogP contribution in [0.2, 0.25) is 0 Å². The summed E-state index contributed by atoms with van der Waals surface area (Å²) in [6.45, 7) is 6.49. The predicted octanol–water partition coefficient (Wildman–Crippen LogP) is 2.70. The molecule has 1 amide bonds. The monoisotopic (exact) mass is 348 g/mol. The van der Waals surface area contributed by atoms with Crippen molar-refractivity contribution in [1.82, 2.24) is 9.80 Å². The van der Waals surface area contributed by atoms with E-state index in [0.717, 1.165) is 32.7 Å². The lowest BCUT2D eigenvalue weighted by atomic mass is 10.1. The van der Waals surface area contributed by atoms with Crippen LogP contribution in [0.15, 0.2) is 54.6 Å². The molecule has 2 aromatic rings. The number of nitrogens with zero attached hydrogens (tertiary/aromatic N) is 3. The summed E-state index contributed by atoms with van der Waals surface area (Å²) in [6.07, 6.45) is 0. The Bertz CT molecular complexity index is 776. The molecule has 0 aliphatic carbocycles. The summed E-state index contributed by atoms with van der Waals surface area (Å²) in [5.74, 6) is -0.0655. The van der Waals surface area contributed by atoms with E-state index in [0.29, 0.717) is 11.3 Å². The van der Waals surface area contributed by atoms with Gasteiger partial charge in [-0.2, -0.15) is 5.26 Å². The van der Waals surface area contributed by atoms with E-state index in [1.807, 2.05) is 19.1 Å². The van der Waals surface area contributed by atoms with E-state index in [1.54, 1.807) is 18.2 Å². The molecule has 1 unspecified atom stereocenters. The van der Waals surface area contributed by atoms with E-state index in [4.69, 9.17) is 5.26 Å². The number of anilines is 1. The van der Waals surface area contributed by atoms with Gasteiger partial charge in [-0.3, -0.25) is 14.6 Å². The number of hydrogen-bond acceptors (Lipinski definition) is 4. The normalized spacial score (nSPS) is 16.6. The fourth-order valence-electron chi connectivity index (χ4n) is 3.24. The van der Waals surface area contributed by atoms with Gasteiger partial charge in [-0.1, -0.05) is 42.5 Å². The minimum Gasteiger partial charge on any atom is -0.324 e. The molecule has 1 fully saturated rings. The van der Waals surface area contributed by atoms with Crippen molar-refractivity contribution in [2.45, 2.75) is 19.5 Å². The van der Waals surface area contributed by atoms with Gasteiger partial charge in [0.25, 0.3) is 0 Å². The molecule has 134 valence electrons. The summed E-state index contributed by atoms with van der Waals surface area (Å²) in [7, 11) is 0. The number of carbonyl (C=O) groups excluding carboxylic acids is 1. The number of nitrogens with one attached hydrogen (secondary N) is 1. The van der Waals surface area contributed by atoms with E-state index in [2.05, 4.69) is 45.5 Å². The lowest BCUT2D eigenvalue weighted by molar-refractivity contribution is -0.121. The number of hydrogen-bond donors (Lipinski definition) is 1. The summed E-state index contributed by atoms with van der Waals surface area (Å²) in [5, 5.41) is 12.0. The smallest absolute Gasteiger partial charge is 0.241 e. The number of carbonyl (C=O) groups is 1. The maximum absolute atomic E-state index is 12.6. The SMILES string of the molecule is CC(C(=O)Nc1ccccc1C#N)N1CCN(Cc2ccccc2)CC1. The molecule has 2 aromatic carbocycles. The average molecular weight is 348 g/mol. The molecule has 1 aliphatic heterocycles. The predicted molar refractivity (Wildman–Crippen MR) is 103 cm³/mol. The second-order valence-electron chi connectivity index (χ2n) is 6.62. The molecule has 1 atom stereocenters. The van der Waals surface area contributed by atoms with Crippen LogP contribution in [0.4, 0.5) is 5.69 Å². The van der Waals surface area contributed by atoms with Crippen molar-refractivity contribution in [3.05, 3.63) is 65.7 Å². The summed E-state index contributed by atoms with van der Waals surface area (Å²) in [4.78, 5) is 17.2. The molecule has 5 nitrogen and oxygen atoms in total. The molecule has 0 bridgehead atoms. The minimum atomic E-state index is -0.222. The molecule has 1 N–H and O–H groups in total. The summed E-state index contributed by atoms with van der Waals surface area (Å²) in [5.41, 5.74) is 2.38. The highest BCUT2D eigenvalue weighted by atomic mass is 16.2. The van der Waals surface area contributed by atoms with E-state index in [9.17, 15) is 4.79 Å². The van der Waals surface area contributed by atoms with Crippen LogP contribution < -0.4 is 5.32 Å². The zero-order valence-corrected chi connectivity index (χ0v) is 15.1. The number of nitriles is 1. The molecule has 1 heterocycles. The molecule has 0 aromatic heterocycles. The van der Waals surface area contributed by atoms with Crippen molar-refractivity contribution in [3.8, 4) is 6.07 Å². The van der Waals surface area contributed by atoms with Crippen molar-refractivity contribution in [3.63, 3.8) is 0 Å². The van der Waals surface area contributed by atoms with Crippen LogP contribution in [-0.4, -0.2) is 47.9 Å². The second-order valence-corrected chi connectivity index (χ2v) is 6.62. The fourth-order valence-corrected chi connectivity index (χ4v) is 3.24. The zero-order valence-electron chi connectivity index (χ0n) is 15.1. The second kappa shape index (κ2) is 8.61. The Morgan fingerprint density at radius 3 is 2.42 bits per heavy atom. The average Bonchev–Trinajstić information content (AvgIpc) is 2.69. The lowest BCUT2D eigenvalue weighted by Gasteiger charge is -2.37. The van der Waals surface area contributed by atoms with E-state index >= 15 is 0 Å². The lowest BCUT2D eigenvalue weighted by Crippen LogP contribution is -2.52. The van der Waals surface area contributed by atoms with Crippen LogP contribution in [0.5, 0.6) is 0 Å². The van der Waals surface area contributed by atoms with Crippen LogP contribution in [0.25, 0.3) is 0 Å². The molecule has 0 spiro atoms. The highest BCUT2D eigenvalue weighted by molar-refractivity contribution is 5.95. The molecule has 5 heteroatoms. The topological polar surface area (TPSA) is 59.4 Å². The maximum atomic E-state index is 12.6. The molecular formula is C21H24N4O. The van der Waals surface area contributed by atoms with Crippen LogP contribution in [0.3, 0.4) is 0 Å². The van der Waals surface area contributed by atoms with E-state index < -0.39 is 0 Å². The number of piperazine rings is 1. The molecule has 3 rings (SSSR count). The van der Waals surface area contributed by atoms with Gasteiger partial charge in [-0.05, 0) is 24.6 Å². The van der Waals surface area contributed by atoms with Crippen molar-refractivity contribution >= 4 is 11.6 Å². The quantitative estimate of drug-likeness (QED) is 0.903. The highest BCUT2D eigenvalue weighted by Gasteiger charge is 2.25. The van der Waals surface area contributed by atoms with Crippen molar-refractivity contribution < 1.29 is 4.79 Å². The minimum absolute atomic E-state index is 0.0655. The molecule has 26 heavy (non-hydrogen) atoms. The number of benzene rings is 2. The van der Waals surface area contributed by atoms with Crippen LogP contribution in [0.1, 0.15) is 18.1 Å². The van der Waals surface area contributed by atoms with Crippen molar-refractivity contribution in [1.29, 1.82) is 5.26 Å². The Hall–Kier alpha value is -2.68. The van der Waals surface area contributed by atoms with E-state index in [-0.39, 0.29) is 11.9 Å². The maximum Gasteiger partial charge on any atom is 0.241 e. The van der Waals surface area contributed by atoms with Crippen LogP contribution in [-0.2, 0) is 11.3 Å². The van der Waals surface area contributed by atoms with Crippen molar-refractivity contribution in [2.24, 2.45) is 0 Å². The van der Waals surface area contributed by atoms with Crippen LogP contribution >= 0.6 is 0 Å². The first kappa shape index (κ1) is 18.1. The number of para-hydroxylation sites is 1. The van der Waals surface area contributed by atoms with Gasteiger partial charge in [0.2, 0.25) is 5.91 Å². The summed E-state index contributed by atoms with van der Waals surface area (Å²) < 4.78 is 0. The summed E-state index contributed by atoms with van der Waals surface area (Å²) >= 11 is 0. The zero-order chi connectivity index (χ0) is 18.4. The van der Waals surface area contributed by atoms with Gasteiger partial charge in [0.1, 0.15) is 6.07 Å². The van der Waals surface area contributed by atoms with E-state index in [1.165, 1.54) is 5.56 Å². The molecule has 0 radical (unpaired) electrons. The van der Waals surface area contributed by atoms with Gasteiger partial charge in [-0.15, -0.1) is 0 Å². The Labute approximate surface area is 154 Å². The van der Waals surface area contributed by atoms with Gasteiger partial charge in [0.05, 0.1) is 17.3 Å². The fraction of sp³-hybridized carbons (Fsp3) is 0.333. The third-order valence-electron chi connectivity index (χ3n) is 4.89. The highest BCUT2D eigenvalue weighted by Crippen LogP contribution is 2.16. The number of rotatable bonds is 5.